The Balaban J connectivity index is 1.98. The Morgan fingerprint density at radius 3 is 2.33 bits per heavy atom. The van der Waals surface area contributed by atoms with Crippen LogP contribution in [0.2, 0.25) is 0 Å². The zero-order chi connectivity index (χ0) is 26.1. The molecule has 7 heteroatoms. The van der Waals surface area contributed by atoms with E-state index in [2.05, 4.69) is 6.92 Å². The van der Waals surface area contributed by atoms with Gasteiger partial charge in [-0.25, -0.2) is 0 Å². The number of hydrogen-bond acceptors (Lipinski definition) is 6. The topological polar surface area (TPSA) is 79.3 Å². The Bertz CT molecular complexity index is 1060. The van der Waals surface area contributed by atoms with Crippen molar-refractivity contribution in [2.24, 2.45) is 0 Å². The molecule has 1 aliphatic rings. The maximum Gasteiger partial charge on any atom is 0.295 e. The molecular weight excluding hydrogens is 456 g/mol. The quantitative estimate of drug-likeness (QED) is 0.182. The highest BCUT2D eigenvalue weighted by molar-refractivity contribution is 6.46. The van der Waals surface area contributed by atoms with Crippen molar-refractivity contribution in [2.45, 2.75) is 45.6 Å². The predicted molar refractivity (Wildman–Crippen MR) is 141 cm³/mol. The van der Waals surface area contributed by atoms with Gasteiger partial charge in [-0.2, -0.15) is 0 Å². The predicted octanol–water partition coefficient (Wildman–Crippen LogP) is 5.03. The van der Waals surface area contributed by atoms with Crippen molar-refractivity contribution < 1.29 is 24.2 Å². The number of unbranched alkanes of at least 4 members (excludes halogenated alkanes) is 2. The van der Waals surface area contributed by atoms with Gasteiger partial charge in [0.1, 0.15) is 17.3 Å². The van der Waals surface area contributed by atoms with Gasteiger partial charge in [0.05, 0.1) is 24.8 Å². The van der Waals surface area contributed by atoms with Crippen LogP contribution in [-0.4, -0.2) is 67.0 Å². The first-order chi connectivity index (χ1) is 17.4. The highest BCUT2D eigenvalue weighted by Gasteiger charge is 2.46. The largest absolute Gasteiger partial charge is 0.507 e. The maximum absolute atomic E-state index is 13.2. The van der Waals surface area contributed by atoms with Gasteiger partial charge >= 0.3 is 0 Å². The van der Waals surface area contributed by atoms with E-state index >= 15 is 0 Å². The fraction of sp³-hybridized carbons (Fsp3) is 0.448. The molecule has 36 heavy (non-hydrogen) atoms. The molecule has 1 N–H and O–H groups in total. The SMILES string of the molecule is CCCCCOc1ccc(/C(O)=C2/C(=O)C(=O)N(CCN(C)C)C2c2cccc(OCCC)c2)cc1. The van der Waals surface area contributed by atoms with Crippen molar-refractivity contribution in [3.63, 3.8) is 0 Å². The number of ether oxygens (including phenoxy) is 2. The number of nitrogens with zero attached hydrogens (tertiary/aromatic N) is 2. The van der Waals surface area contributed by atoms with Gasteiger partial charge in [-0.05, 0) is 68.9 Å². The first-order valence-electron chi connectivity index (χ1n) is 12.8. The number of rotatable bonds is 13. The molecule has 0 spiro atoms. The third-order valence-corrected chi connectivity index (χ3v) is 6.12. The monoisotopic (exact) mass is 494 g/mol. The Hall–Kier alpha value is -3.32. The van der Waals surface area contributed by atoms with Crippen LogP contribution in [0.4, 0.5) is 0 Å². The van der Waals surface area contributed by atoms with Crippen LogP contribution in [0.3, 0.4) is 0 Å². The summed E-state index contributed by atoms with van der Waals surface area (Å²) in [5.41, 5.74) is 1.27. The highest BCUT2D eigenvalue weighted by Crippen LogP contribution is 2.40. The van der Waals surface area contributed by atoms with E-state index in [0.717, 1.165) is 31.2 Å². The Morgan fingerprint density at radius 2 is 1.67 bits per heavy atom. The number of aliphatic hydroxyl groups excluding tert-OH is 1. The fourth-order valence-electron chi connectivity index (χ4n) is 4.17. The summed E-state index contributed by atoms with van der Waals surface area (Å²) < 4.78 is 11.6. The summed E-state index contributed by atoms with van der Waals surface area (Å²) in [4.78, 5) is 29.8. The van der Waals surface area contributed by atoms with E-state index in [1.165, 1.54) is 4.90 Å². The molecule has 1 atom stereocenters. The van der Waals surface area contributed by atoms with Gasteiger partial charge < -0.3 is 24.4 Å². The molecule has 1 amide bonds. The number of likely N-dealkylation sites (tertiary alicyclic amines) is 1. The van der Waals surface area contributed by atoms with Gasteiger partial charge in [-0.15, -0.1) is 0 Å². The molecule has 0 aromatic heterocycles. The summed E-state index contributed by atoms with van der Waals surface area (Å²) >= 11 is 0. The smallest absolute Gasteiger partial charge is 0.295 e. The molecule has 2 aromatic rings. The molecule has 7 nitrogen and oxygen atoms in total. The number of Topliss-reactive ketones (excluding diaryl/α,β-unsaturated/α-hetero) is 1. The molecule has 0 aliphatic carbocycles. The Kier molecular flexibility index (Phi) is 9.94. The van der Waals surface area contributed by atoms with Crippen molar-refractivity contribution >= 4 is 17.4 Å². The van der Waals surface area contributed by atoms with E-state index in [9.17, 15) is 14.7 Å². The first kappa shape index (κ1) is 27.3. The average molecular weight is 495 g/mol. The van der Waals surface area contributed by atoms with E-state index in [1.807, 2.05) is 50.2 Å². The average Bonchev–Trinajstić information content (AvgIpc) is 3.13. The summed E-state index contributed by atoms with van der Waals surface area (Å²) in [7, 11) is 3.83. The number of carbonyl (C=O) groups excluding carboxylic acids is 2. The zero-order valence-corrected chi connectivity index (χ0v) is 21.8. The van der Waals surface area contributed by atoms with Crippen LogP contribution in [0, 0.1) is 0 Å². The van der Waals surface area contributed by atoms with Gasteiger partial charge in [-0.1, -0.05) is 38.8 Å². The third kappa shape index (κ3) is 6.66. The number of ketones is 1. The second-order valence-electron chi connectivity index (χ2n) is 9.30. The second kappa shape index (κ2) is 13.1. The number of hydrogen-bond donors (Lipinski definition) is 1. The molecule has 194 valence electrons. The molecule has 1 unspecified atom stereocenters. The molecule has 1 fully saturated rings. The van der Waals surface area contributed by atoms with Crippen LogP contribution >= 0.6 is 0 Å². The van der Waals surface area contributed by atoms with E-state index in [-0.39, 0.29) is 11.3 Å². The lowest BCUT2D eigenvalue weighted by molar-refractivity contribution is -0.140. The molecule has 0 saturated carbocycles. The normalized spacial score (nSPS) is 17.1. The van der Waals surface area contributed by atoms with E-state index in [4.69, 9.17) is 9.47 Å². The summed E-state index contributed by atoms with van der Waals surface area (Å²) in [5, 5.41) is 11.3. The Morgan fingerprint density at radius 1 is 0.944 bits per heavy atom. The number of likely N-dealkylation sites (N-methyl/N-ethyl adjacent to an activating group) is 1. The van der Waals surface area contributed by atoms with Crippen LogP contribution in [-0.2, 0) is 9.59 Å². The molecular formula is C29H38N2O5. The minimum atomic E-state index is -0.708. The molecule has 1 aliphatic heterocycles. The van der Waals surface area contributed by atoms with Gasteiger partial charge in [0.15, 0.2) is 0 Å². The van der Waals surface area contributed by atoms with Gasteiger partial charge in [0.25, 0.3) is 11.7 Å². The molecule has 2 aromatic carbocycles. The summed E-state index contributed by atoms with van der Waals surface area (Å²) in [6.45, 7) is 6.30. The van der Waals surface area contributed by atoms with Crippen molar-refractivity contribution in [2.75, 3.05) is 40.4 Å². The van der Waals surface area contributed by atoms with Crippen molar-refractivity contribution in [1.29, 1.82) is 0 Å². The molecule has 0 bridgehead atoms. The Labute approximate surface area is 214 Å². The summed E-state index contributed by atoms with van der Waals surface area (Å²) in [5.74, 6) is -0.123. The minimum absolute atomic E-state index is 0.0861. The van der Waals surface area contributed by atoms with Crippen LogP contribution in [0.5, 0.6) is 11.5 Å². The van der Waals surface area contributed by atoms with Crippen LogP contribution < -0.4 is 9.47 Å². The standard InChI is InChI=1S/C29H38N2O5/c1-5-7-8-19-36-23-14-12-21(13-15-23)27(32)25-26(22-10-9-11-24(20-22)35-18-6-2)31(17-16-30(3)4)29(34)28(25)33/h9-15,20,26,32H,5-8,16-19H2,1-4H3/b27-25-. The zero-order valence-electron chi connectivity index (χ0n) is 21.8. The second-order valence-corrected chi connectivity index (χ2v) is 9.30. The summed E-state index contributed by atoms with van der Waals surface area (Å²) in [6.07, 6.45) is 4.08. The molecule has 1 heterocycles. The van der Waals surface area contributed by atoms with Gasteiger partial charge in [0.2, 0.25) is 0 Å². The van der Waals surface area contributed by atoms with Gasteiger partial charge in [0, 0.05) is 18.7 Å². The number of aliphatic hydroxyl groups is 1. The van der Waals surface area contributed by atoms with Crippen LogP contribution in [0.25, 0.3) is 5.76 Å². The van der Waals surface area contributed by atoms with Crippen molar-refractivity contribution in [3.05, 3.63) is 65.2 Å². The summed E-state index contributed by atoms with van der Waals surface area (Å²) in [6, 6.07) is 13.7. The third-order valence-electron chi connectivity index (χ3n) is 6.12. The number of amides is 1. The van der Waals surface area contributed by atoms with Crippen LogP contribution in [0.15, 0.2) is 54.1 Å². The number of carbonyl (C=O) groups is 2. The number of benzene rings is 2. The minimum Gasteiger partial charge on any atom is -0.507 e. The highest BCUT2D eigenvalue weighted by atomic mass is 16.5. The van der Waals surface area contributed by atoms with Crippen molar-refractivity contribution in [3.8, 4) is 11.5 Å². The van der Waals surface area contributed by atoms with Gasteiger partial charge in [-0.3, -0.25) is 9.59 Å². The lowest BCUT2D eigenvalue weighted by Gasteiger charge is -2.27. The van der Waals surface area contributed by atoms with Crippen LogP contribution in [0.1, 0.15) is 56.7 Å². The van der Waals surface area contributed by atoms with E-state index < -0.39 is 17.7 Å². The molecule has 3 rings (SSSR count). The maximum atomic E-state index is 13.2. The molecule has 1 saturated heterocycles. The van der Waals surface area contributed by atoms with E-state index in [0.29, 0.717) is 43.4 Å². The molecule has 0 radical (unpaired) electrons. The van der Waals surface area contributed by atoms with E-state index in [1.54, 1.807) is 24.3 Å². The lowest BCUT2D eigenvalue weighted by atomic mass is 9.95. The first-order valence-corrected chi connectivity index (χ1v) is 12.8. The van der Waals surface area contributed by atoms with Crippen molar-refractivity contribution in [1.82, 2.24) is 9.80 Å². The lowest BCUT2D eigenvalue weighted by Crippen LogP contribution is -2.35. The fourth-order valence-corrected chi connectivity index (χ4v) is 4.17.